The van der Waals surface area contributed by atoms with Crippen molar-refractivity contribution in [2.24, 2.45) is 11.3 Å². The summed E-state index contributed by atoms with van der Waals surface area (Å²) in [5, 5.41) is 3.09. The van der Waals surface area contributed by atoms with Gasteiger partial charge in [-0.1, -0.05) is 11.6 Å². The van der Waals surface area contributed by atoms with Crippen LogP contribution in [-0.4, -0.2) is 67.4 Å². The maximum Gasteiger partial charge on any atom is 0.251 e. The number of rotatable bonds is 6. The molecular weight excluding hydrogens is 403 g/mol. The maximum absolute atomic E-state index is 13.4. The van der Waals surface area contributed by atoms with E-state index in [0.29, 0.717) is 31.0 Å². The number of amides is 1. The molecule has 160 valence electrons. The molecule has 2 heterocycles. The van der Waals surface area contributed by atoms with Crippen LogP contribution in [0.1, 0.15) is 36.0 Å². The van der Waals surface area contributed by atoms with Crippen molar-refractivity contribution in [1.29, 1.82) is 0 Å². The Morgan fingerprint density at radius 1 is 1.10 bits per heavy atom. The molecule has 29 heavy (non-hydrogen) atoms. The summed E-state index contributed by atoms with van der Waals surface area (Å²) in [6.07, 6.45) is 2.13. The van der Waals surface area contributed by atoms with Crippen molar-refractivity contribution in [3.63, 3.8) is 0 Å². The second kappa shape index (κ2) is 8.08. The molecule has 1 aliphatic carbocycles. The van der Waals surface area contributed by atoms with E-state index in [9.17, 15) is 18.0 Å². The number of hydrogen-bond acceptors (Lipinski definition) is 3. The van der Waals surface area contributed by atoms with Crippen LogP contribution < -0.4 is 5.32 Å². The first kappa shape index (κ1) is 20.9. The number of benzene rings is 1. The fourth-order valence-electron chi connectivity index (χ4n) is 5.04. The number of hydrogen-bond donors (Lipinski definition) is 1. The van der Waals surface area contributed by atoms with Crippen LogP contribution in [-0.2, 0) is 0 Å². The molecule has 2 saturated heterocycles. The Hall–Kier alpha value is -1.31. The van der Waals surface area contributed by atoms with E-state index in [2.05, 4.69) is 15.1 Å². The lowest BCUT2D eigenvalue weighted by atomic mass is 9.57. The zero-order valence-electron chi connectivity index (χ0n) is 16.4. The lowest BCUT2D eigenvalue weighted by Gasteiger charge is -2.59. The van der Waals surface area contributed by atoms with Crippen LogP contribution in [0.4, 0.5) is 13.2 Å². The maximum atomic E-state index is 13.4. The summed E-state index contributed by atoms with van der Waals surface area (Å²) in [4.78, 5) is 16.7. The van der Waals surface area contributed by atoms with Gasteiger partial charge in [0.25, 0.3) is 11.8 Å². The van der Waals surface area contributed by atoms with Crippen molar-refractivity contribution in [3.05, 3.63) is 34.6 Å². The zero-order chi connectivity index (χ0) is 20.6. The zero-order valence-corrected chi connectivity index (χ0v) is 17.2. The molecule has 4 nitrogen and oxygen atoms in total. The Morgan fingerprint density at radius 2 is 1.76 bits per heavy atom. The highest BCUT2D eigenvalue weighted by atomic mass is 35.5. The largest absolute Gasteiger partial charge is 0.352 e. The van der Waals surface area contributed by atoms with Crippen molar-refractivity contribution >= 4 is 17.5 Å². The van der Waals surface area contributed by atoms with Crippen LogP contribution in [0.2, 0.25) is 5.02 Å². The molecule has 1 saturated carbocycles. The highest BCUT2D eigenvalue weighted by molar-refractivity contribution is 6.31. The molecule has 3 fully saturated rings. The van der Waals surface area contributed by atoms with E-state index < -0.39 is 11.7 Å². The highest BCUT2D eigenvalue weighted by Gasteiger charge is 2.51. The number of nitrogens with zero attached hydrogens (tertiary/aromatic N) is 2. The summed E-state index contributed by atoms with van der Waals surface area (Å²) in [5.41, 5.74) is 0.612. The summed E-state index contributed by atoms with van der Waals surface area (Å²) in [7, 11) is 0. The predicted molar refractivity (Wildman–Crippen MR) is 106 cm³/mol. The SMILES string of the molecule is O=C(NCC1CC2(C1)CN(CCN1CCC(F)(F)CC1)C2)c1cc(F)cc(Cl)c1. The number of likely N-dealkylation sites (tertiary alicyclic amines) is 2. The van der Waals surface area contributed by atoms with Gasteiger partial charge in [-0.15, -0.1) is 0 Å². The van der Waals surface area contributed by atoms with Gasteiger partial charge >= 0.3 is 0 Å². The Balaban J connectivity index is 1.11. The third kappa shape index (κ3) is 5.06. The standard InChI is InChI=1S/C21H27ClF3N3O/c22-17-7-16(8-18(23)9-17)19(29)26-12-15-10-20(11-15)13-28(14-20)6-5-27-3-1-21(24,25)2-4-27/h7-9,15H,1-6,10-14H2,(H,26,29). The normalized spacial score (nSPS) is 24.1. The van der Waals surface area contributed by atoms with E-state index in [1.165, 1.54) is 18.2 Å². The molecule has 0 aromatic heterocycles. The first-order valence-corrected chi connectivity index (χ1v) is 10.7. The Kier molecular flexibility index (Phi) is 5.84. The number of halogens is 4. The molecule has 4 rings (SSSR count). The lowest BCUT2D eigenvalue weighted by molar-refractivity contribution is -0.0986. The van der Waals surface area contributed by atoms with E-state index in [-0.39, 0.29) is 29.3 Å². The van der Waals surface area contributed by atoms with Crippen molar-refractivity contribution in [2.75, 3.05) is 45.8 Å². The molecule has 1 aromatic carbocycles. The minimum atomic E-state index is -2.48. The third-order valence-electron chi connectivity index (χ3n) is 6.56. The van der Waals surface area contributed by atoms with Crippen molar-refractivity contribution in [2.45, 2.75) is 31.6 Å². The summed E-state index contributed by atoms with van der Waals surface area (Å²) in [5.74, 6) is -2.84. The molecule has 1 aromatic rings. The third-order valence-corrected chi connectivity index (χ3v) is 6.78. The monoisotopic (exact) mass is 429 g/mol. The summed E-state index contributed by atoms with van der Waals surface area (Å²) in [6.45, 7) is 5.49. The minimum absolute atomic E-state index is 0.0217. The molecule has 0 atom stereocenters. The smallest absolute Gasteiger partial charge is 0.251 e. The Morgan fingerprint density at radius 3 is 2.41 bits per heavy atom. The van der Waals surface area contributed by atoms with Gasteiger partial charge < -0.3 is 15.1 Å². The molecule has 8 heteroatoms. The second-order valence-electron chi connectivity index (χ2n) is 9.05. The van der Waals surface area contributed by atoms with Gasteiger partial charge in [0, 0.05) is 69.2 Å². The molecule has 1 N–H and O–H groups in total. The van der Waals surface area contributed by atoms with Crippen LogP contribution in [0.5, 0.6) is 0 Å². The van der Waals surface area contributed by atoms with Crippen molar-refractivity contribution in [3.8, 4) is 0 Å². The summed E-state index contributed by atoms with van der Waals surface area (Å²) in [6, 6.07) is 3.84. The first-order valence-electron chi connectivity index (χ1n) is 10.3. The van der Waals surface area contributed by atoms with Crippen LogP contribution >= 0.6 is 11.6 Å². The number of nitrogens with one attached hydrogen (secondary N) is 1. The number of carbonyl (C=O) groups is 1. The van der Waals surface area contributed by atoms with Gasteiger partial charge in [0.2, 0.25) is 0 Å². The number of piperidine rings is 1. The predicted octanol–water partition coefficient (Wildman–Crippen LogP) is 3.65. The van der Waals surface area contributed by atoms with Crippen LogP contribution in [0.3, 0.4) is 0 Å². The number of carbonyl (C=O) groups excluding carboxylic acids is 1. The fourth-order valence-corrected chi connectivity index (χ4v) is 5.26. The quantitative estimate of drug-likeness (QED) is 0.749. The summed E-state index contributed by atoms with van der Waals surface area (Å²) >= 11 is 5.80. The Labute approximate surface area is 174 Å². The van der Waals surface area contributed by atoms with E-state index >= 15 is 0 Å². The van der Waals surface area contributed by atoms with Gasteiger partial charge in [0.05, 0.1) is 0 Å². The molecule has 3 aliphatic rings. The van der Waals surface area contributed by atoms with E-state index in [0.717, 1.165) is 39.0 Å². The van der Waals surface area contributed by atoms with Crippen molar-refractivity contribution in [1.82, 2.24) is 15.1 Å². The molecule has 1 amide bonds. The molecule has 0 unspecified atom stereocenters. The van der Waals surface area contributed by atoms with Crippen LogP contribution in [0, 0.1) is 17.2 Å². The molecular formula is C21H27ClF3N3O. The highest BCUT2D eigenvalue weighted by Crippen LogP contribution is 2.51. The minimum Gasteiger partial charge on any atom is -0.352 e. The first-order chi connectivity index (χ1) is 13.7. The van der Waals surface area contributed by atoms with Gasteiger partial charge in [-0.25, -0.2) is 13.2 Å². The van der Waals surface area contributed by atoms with Gasteiger partial charge in [-0.3, -0.25) is 4.79 Å². The van der Waals surface area contributed by atoms with Crippen LogP contribution in [0.25, 0.3) is 0 Å². The molecule has 2 aliphatic heterocycles. The van der Waals surface area contributed by atoms with Gasteiger partial charge in [0.15, 0.2) is 0 Å². The fraction of sp³-hybridized carbons (Fsp3) is 0.667. The van der Waals surface area contributed by atoms with Crippen LogP contribution in [0.15, 0.2) is 18.2 Å². The molecule has 0 bridgehead atoms. The molecule has 0 radical (unpaired) electrons. The van der Waals surface area contributed by atoms with Gasteiger partial charge in [-0.2, -0.15) is 0 Å². The Bertz CT molecular complexity index is 731. The lowest BCUT2D eigenvalue weighted by Crippen LogP contribution is -2.64. The van der Waals surface area contributed by atoms with Gasteiger partial charge in [0.1, 0.15) is 5.82 Å². The average molecular weight is 430 g/mol. The molecule has 1 spiro atoms. The van der Waals surface area contributed by atoms with E-state index in [1.807, 2.05) is 0 Å². The summed E-state index contributed by atoms with van der Waals surface area (Å²) < 4.78 is 39.8. The topological polar surface area (TPSA) is 35.6 Å². The van der Waals surface area contributed by atoms with E-state index in [4.69, 9.17) is 11.6 Å². The van der Waals surface area contributed by atoms with Gasteiger partial charge in [-0.05, 0) is 42.4 Å². The second-order valence-corrected chi connectivity index (χ2v) is 9.49. The average Bonchev–Trinajstić information content (AvgIpc) is 2.58. The van der Waals surface area contributed by atoms with Crippen molar-refractivity contribution < 1.29 is 18.0 Å². The van der Waals surface area contributed by atoms with E-state index in [1.54, 1.807) is 0 Å². The number of alkyl halides is 2.